The van der Waals surface area contributed by atoms with Crippen LogP contribution in [0.3, 0.4) is 0 Å². The first-order valence-electron chi connectivity index (χ1n) is 8.84. The Hall–Kier alpha value is -1.56. The number of aryl methyl sites for hydroxylation is 1. The van der Waals surface area contributed by atoms with Crippen LogP contribution in [0.2, 0.25) is 0 Å². The molecule has 26 heavy (non-hydrogen) atoms. The molecular weight excluding hydrogens is 394 g/mol. The number of nitrogens with one attached hydrogen (secondary N) is 1. The van der Waals surface area contributed by atoms with Gasteiger partial charge in [-0.05, 0) is 72.4 Å². The highest BCUT2D eigenvalue weighted by molar-refractivity contribution is 9.10. The van der Waals surface area contributed by atoms with Gasteiger partial charge in [-0.3, -0.25) is 0 Å². The number of benzene rings is 2. The Morgan fingerprint density at radius 3 is 2.54 bits per heavy atom. The lowest BCUT2D eigenvalue weighted by Gasteiger charge is -2.24. The predicted molar refractivity (Wildman–Crippen MR) is 109 cm³/mol. The topological polar surface area (TPSA) is 50.7 Å². The first-order valence-corrected chi connectivity index (χ1v) is 9.64. The van der Waals surface area contributed by atoms with Crippen LogP contribution in [0.1, 0.15) is 37.5 Å². The van der Waals surface area contributed by atoms with E-state index in [2.05, 4.69) is 40.3 Å². The third-order valence-corrected chi connectivity index (χ3v) is 4.76. The molecule has 5 heteroatoms. The van der Waals surface area contributed by atoms with E-state index in [9.17, 15) is 5.11 Å². The van der Waals surface area contributed by atoms with Gasteiger partial charge in [0, 0.05) is 12.1 Å². The Kier molecular flexibility index (Phi) is 7.50. The zero-order valence-corrected chi connectivity index (χ0v) is 17.5. The zero-order valence-electron chi connectivity index (χ0n) is 15.9. The van der Waals surface area contributed by atoms with Gasteiger partial charge >= 0.3 is 0 Å². The summed E-state index contributed by atoms with van der Waals surface area (Å²) < 4.78 is 12.7. The third-order valence-electron chi connectivity index (χ3n) is 4.17. The molecule has 2 aromatic rings. The molecule has 2 aromatic carbocycles. The summed E-state index contributed by atoms with van der Waals surface area (Å²) in [6.07, 6.45) is 0. The molecule has 2 N–H and O–H groups in total. The van der Waals surface area contributed by atoms with E-state index >= 15 is 0 Å². The molecule has 0 amide bonds. The summed E-state index contributed by atoms with van der Waals surface area (Å²) in [5.41, 5.74) is 3.08. The first-order chi connectivity index (χ1) is 12.4. The highest BCUT2D eigenvalue weighted by atomic mass is 79.9. The molecule has 0 fully saturated rings. The van der Waals surface area contributed by atoms with Crippen LogP contribution in [0.15, 0.2) is 40.9 Å². The van der Waals surface area contributed by atoms with Gasteiger partial charge in [0.15, 0.2) is 11.5 Å². The maximum Gasteiger partial charge on any atom is 0.175 e. The normalized spacial score (nSPS) is 11.5. The predicted octanol–water partition coefficient (Wildman–Crippen LogP) is 4.60. The molecule has 142 valence electrons. The van der Waals surface area contributed by atoms with Crippen molar-refractivity contribution in [2.75, 3.05) is 13.2 Å². The average molecular weight is 422 g/mol. The molecule has 0 unspecified atom stereocenters. The number of halogens is 1. The fourth-order valence-electron chi connectivity index (χ4n) is 2.45. The minimum absolute atomic E-state index is 0.0735. The number of ether oxygens (including phenoxy) is 2. The molecule has 0 saturated carbocycles. The van der Waals surface area contributed by atoms with Gasteiger partial charge < -0.3 is 19.9 Å². The van der Waals surface area contributed by atoms with Gasteiger partial charge in [0.05, 0.1) is 17.7 Å². The van der Waals surface area contributed by atoms with Gasteiger partial charge in [-0.15, -0.1) is 0 Å². The van der Waals surface area contributed by atoms with E-state index in [4.69, 9.17) is 9.47 Å². The monoisotopic (exact) mass is 421 g/mol. The van der Waals surface area contributed by atoms with Crippen LogP contribution in [-0.4, -0.2) is 23.9 Å². The number of aliphatic hydroxyl groups is 1. The molecular formula is C21H28BrNO3. The maximum atomic E-state index is 9.39. The number of rotatable bonds is 9. The van der Waals surface area contributed by atoms with Crippen molar-refractivity contribution in [1.29, 1.82) is 0 Å². The van der Waals surface area contributed by atoms with E-state index in [1.807, 2.05) is 45.0 Å². The van der Waals surface area contributed by atoms with Crippen LogP contribution in [0.4, 0.5) is 0 Å². The summed E-state index contributed by atoms with van der Waals surface area (Å²) in [7, 11) is 0. The van der Waals surface area contributed by atoms with Crippen molar-refractivity contribution in [2.45, 2.75) is 46.4 Å². The third kappa shape index (κ3) is 5.73. The number of hydrogen-bond donors (Lipinski definition) is 2. The fourth-order valence-corrected chi connectivity index (χ4v) is 3.05. The SMILES string of the molecule is CCOc1cc(CNC(C)(C)CO)cc(Br)c1OCc1ccccc1C. The molecule has 0 aliphatic carbocycles. The van der Waals surface area contributed by atoms with E-state index < -0.39 is 0 Å². The van der Waals surface area contributed by atoms with Gasteiger partial charge in [-0.1, -0.05) is 24.3 Å². The lowest BCUT2D eigenvalue weighted by atomic mass is 10.1. The summed E-state index contributed by atoms with van der Waals surface area (Å²) in [5.74, 6) is 1.43. The lowest BCUT2D eigenvalue weighted by Crippen LogP contribution is -2.42. The van der Waals surface area contributed by atoms with Crippen molar-refractivity contribution in [2.24, 2.45) is 0 Å². The smallest absolute Gasteiger partial charge is 0.175 e. The van der Waals surface area contributed by atoms with Crippen LogP contribution in [0.5, 0.6) is 11.5 Å². The molecule has 4 nitrogen and oxygen atoms in total. The molecule has 0 saturated heterocycles. The zero-order chi connectivity index (χ0) is 19.2. The van der Waals surface area contributed by atoms with Crippen molar-refractivity contribution in [1.82, 2.24) is 5.32 Å². The molecule has 0 aliphatic rings. The van der Waals surface area contributed by atoms with Gasteiger partial charge in [-0.25, -0.2) is 0 Å². The Morgan fingerprint density at radius 1 is 1.15 bits per heavy atom. The van der Waals surface area contributed by atoms with Gasteiger partial charge in [0.25, 0.3) is 0 Å². The van der Waals surface area contributed by atoms with Crippen LogP contribution in [-0.2, 0) is 13.2 Å². The molecule has 0 heterocycles. The van der Waals surface area contributed by atoms with Crippen LogP contribution in [0.25, 0.3) is 0 Å². The summed E-state index contributed by atoms with van der Waals surface area (Å²) >= 11 is 3.62. The minimum atomic E-state index is -0.335. The summed E-state index contributed by atoms with van der Waals surface area (Å²) in [5, 5.41) is 12.7. The average Bonchev–Trinajstić information content (AvgIpc) is 2.61. The lowest BCUT2D eigenvalue weighted by molar-refractivity contribution is 0.187. The number of aliphatic hydroxyl groups excluding tert-OH is 1. The molecule has 2 rings (SSSR count). The van der Waals surface area contributed by atoms with E-state index in [0.29, 0.717) is 31.3 Å². The van der Waals surface area contributed by atoms with Gasteiger partial charge in [-0.2, -0.15) is 0 Å². The van der Waals surface area contributed by atoms with Gasteiger partial charge in [0.2, 0.25) is 0 Å². The second-order valence-corrected chi connectivity index (χ2v) is 7.80. The summed E-state index contributed by atoms with van der Waals surface area (Å²) in [6, 6.07) is 12.2. The quantitative estimate of drug-likeness (QED) is 0.621. The Balaban J connectivity index is 2.19. The molecule has 0 radical (unpaired) electrons. The Bertz CT molecular complexity index is 731. The minimum Gasteiger partial charge on any atom is -0.490 e. The fraction of sp³-hybridized carbons (Fsp3) is 0.429. The van der Waals surface area contributed by atoms with E-state index in [0.717, 1.165) is 15.6 Å². The van der Waals surface area contributed by atoms with E-state index in [1.165, 1.54) is 5.56 Å². The number of hydrogen-bond acceptors (Lipinski definition) is 4. The molecule has 0 aromatic heterocycles. The maximum absolute atomic E-state index is 9.39. The second kappa shape index (κ2) is 9.40. The van der Waals surface area contributed by atoms with Crippen LogP contribution >= 0.6 is 15.9 Å². The van der Waals surface area contributed by atoms with Gasteiger partial charge in [0.1, 0.15) is 6.61 Å². The van der Waals surface area contributed by atoms with E-state index in [1.54, 1.807) is 0 Å². The summed E-state index contributed by atoms with van der Waals surface area (Å²) in [6.45, 7) is 9.71. The van der Waals surface area contributed by atoms with E-state index in [-0.39, 0.29) is 12.1 Å². The Morgan fingerprint density at radius 2 is 1.88 bits per heavy atom. The standard InChI is InChI=1S/C21H28BrNO3/c1-5-25-19-11-16(12-23-21(3,4)14-24)10-18(22)20(19)26-13-17-9-7-6-8-15(17)2/h6-11,23-24H,5,12-14H2,1-4H3. The van der Waals surface area contributed by atoms with Crippen molar-refractivity contribution in [3.05, 3.63) is 57.6 Å². The van der Waals surface area contributed by atoms with Crippen molar-refractivity contribution in [3.63, 3.8) is 0 Å². The molecule has 0 atom stereocenters. The Labute approximate surface area is 164 Å². The largest absolute Gasteiger partial charge is 0.490 e. The second-order valence-electron chi connectivity index (χ2n) is 6.95. The first kappa shape index (κ1) is 20.7. The molecule has 0 bridgehead atoms. The van der Waals surface area contributed by atoms with Crippen molar-refractivity contribution in [3.8, 4) is 11.5 Å². The van der Waals surface area contributed by atoms with Crippen LogP contribution in [0, 0.1) is 6.92 Å². The van der Waals surface area contributed by atoms with Crippen molar-refractivity contribution < 1.29 is 14.6 Å². The summed E-state index contributed by atoms with van der Waals surface area (Å²) in [4.78, 5) is 0. The van der Waals surface area contributed by atoms with Crippen LogP contribution < -0.4 is 14.8 Å². The molecule has 0 spiro atoms. The molecule has 0 aliphatic heterocycles. The highest BCUT2D eigenvalue weighted by Gasteiger charge is 2.17. The highest BCUT2D eigenvalue weighted by Crippen LogP contribution is 2.37. The van der Waals surface area contributed by atoms with Crippen molar-refractivity contribution >= 4 is 15.9 Å².